The zero-order valence-electron chi connectivity index (χ0n) is 13.3. The van der Waals surface area contributed by atoms with Crippen molar-refractivity contribution in [2.75, 3.05) is 18.4 Å². The number of amides is 1. The smallest absolute Gasteiger partial charge is 0.272 e. The topological polar surface area (TPSA) is 45.2 Å². The molecule has 1 aromatic rings. The second-order valence-electron chi connectivity index (χ2n) is 5.74. The summed E-state index contributed by atoms with van der Waals surface area (Å²) >= 11 is 0. The quantitative estimate of drug-likeness (QED) is 0.841. The van der Waals surface area contributed by atoms with Crippen molar-refractivity contribution in [2.24, 2.45) is 0 Å². The van der Waals surface area contributed by atoms with Crippen molar-refractivity contribution in [3.8, 4) is 0 Å². The number of pyridine rings is 1. The molecule has 0 radical (unpaired) electrons. The molecule has 1 aliphatic rings. The number of carbonyl (C=O) groups is 1. The maximum atomic E-state index is 12.3. The van der Waals surface area contributed by atoms with Gasteiger partial charge in [-0.2, -0.15) is 0 Å². The van der Waals surface area contributed by atoms with Crippen LogP contribution in [-0.4, -0.2) is 34.9 Å². The molecule has 1 N–H and O–H groups in total. The van der Waals surface area contributed by atoms with E-state index in [2.05, 4.69) is 10.3 Å². The second kappa shape index (κ2) is 8.01. The first-order valence-electron chi connectivity index (χ1n) is 8.26. The Balaban J connectivity index is 2.04. The van der Waals surface area contributed by atoms with Crippen molar-refractivity contribution in [3.05, 3.63) is 24.0 Å². The van der Waals surface area contributed by atoms with Crippen LogP contribution in [0.5, 0.6) is 0 Å². The van der Waals surface area contributed by atoms with E-state index in [1.807, 2.05) is 26.0 Å². The molecule has 1 aromatic heterocycles. The molecule has 2 rings (SSSR count). The van der Waals surface area contributed by atoms with E-state index in [9.17, 15) is 4.79 Å². The van der Waals surface area contributed by atoms with Gasteiger partial charge < -0.3 is 10.2 Å². The predicted molar refractivity (Wildman–Crippen MR) is 86.6 cm³/mol. The minimum atomic E-state index is 0.0181. The van der Waals surface area contributed by atoms with Crippen LogP contribution in [0.4, 0.5) is 5.69 Å². The molecule has 1 aliphatic carbocycles. The molecule has 0 aliphatic heterocycles. The van der Waals surface area contributed by atoms with Crippen LogP contribution in [0.2, 0.25) is 0 Å². The average Bonchev–Trinajstić information content (AvgIpc) is 2.77. The Hall–Kier alpha value is -1.58. The van der Waals surface area contributed by atoms with Crippen molar-refractivity contribution in [1.29, 1.82) is 0 Å². The molecule has 0 unspecified atom stereocenters. The Labute approximate surface area is 127 Å². The van der Waals surface area contributed by atoms with Crippen LogP contribution < -0.4 is 5.32 Å². The van der Waals surface area contributed by atoms with E-state index < -0.39 is 0 Å². The summed E-state index contributed by atoms with van der Waals surface area (Å²) < 4.78 is 0. The predicted octanol–water partition coefficient (Wildman–Crippen LogP) is 3.70. The zero-order chi connectivity index (χ0) is 15.1. The van der Waals surface area contributed by atoms with Gasteiger partial charge in [-0.25, -0.2) is 0 Å². The molecule has 1 fully saturated rings. The van der Waals surface area contributed by atoms with Gasteiger partial charge in [0.2, 0.25) is 0 Å². The minimum absolute atomic E-state index is 0.0181. The monoisotopic (exact) mass is 289 g/mol. The van der Waals surface area contributed by atoms with E-state index in [1.54, 1.807) is 11.1 Å². The molecule has 1 heterocycles. The normalized spacial score (nSPS) is 16.3. The number of hydrogen-bond donors (Lipinski definition) is 1. The SMILES string of the molecule is CCN(CC)C(=O)c1cc(NC2CCCCCC2)ccn1. The number of hydrogen-bond acceptors (Lipinski definition) is 3. The molecule has 116 valence electrons. The van der Waals surface area contributed by atoms with E-state index in [-0.39, 0.29) is 5.91 Å². The fraction of sp³-hybridized carbons (Fsp3) is 0.647. The van der Waals surface area contributed by atoms with Gasteiger partial charge in [-0.05, 0) is 38.8 Å². The number of rotatable bonds is 5. The first-order valence-corrected chi connectivity index (χ1v) is 8.26. The highest BCUT2D eigenvalue weighted by Gasteiger charge is 2.16. The number of nitrogens with zero attached hydrogens (tertiary/aromatic N) is 2. The maximum absolute atomic E-state index is 12.3. The fourth-order valence-corrected chi connectivity index (χ4v) is 2.97. The van der Waals surface area contributed by atoms with Crippen LogP contribution in [0.1, 0.15) is 62.9 Å². The Kier molecular flexibility index (Phi) is 6.03. The van der Waals surface area contributed by atoms with Crippen LogP contribution in [0, 0.1) is 0 Å². The van der Waals surface area contributed by atoms with Crippen LogP contribution >= 0.6 is 0 Å². The lowest BCUT2D eigenvalue weighted by Gasteiger charge is -2.20. The molecule has 1 amide bonds. The highest BCUT2D eigenvalue weighted by molar-refractivity contribution is 5.93. The highest BCUT2D eigenvalue weighted by Crippen LogP contribution is 2.21. The molecule has 4 nitrogen and oxygen atoms in total. The molecule has 0 saturated heterocycles. The van der Waals surface area contributed by atoms with E-state index in [0.29, 0.717) is 11.7 Å². The summed E-state index contributed by atoms with van der Waals surface area (Å²) in [6, 6.07) is 4.39. The molecular formula is C17H27N3O. The van der Waals surface area contributed by atoms with Crippen molar-refractivity contribution in [3.63, 3.8) is 0 Å². The van der Waals surface area contributed by atoms with Gasteiger partial charge in [0.15, 0.2) is 0 Å². The summed E-state index contributed by atoms with van der Waals surface area (Å²) in [7, 11) is 0. The van der Waals surface area contributed by atoms with E-state index >= 15 is 0 Å². The van der Waals surface area contributed by atoms with E-state index in [4.69, 9.17) is 0 Å². The number of carbonyl (C=O) groups excluding carboxylic acids is 1. The molecule has 1 saturated carbocycles. The Morgan fingerprint density at radius 2 is 1.90 bits per heavy atom. The lowest BCUT2D eigenvalue weighted by molar-refractivity contribution is 0.0767. The zero-order valence-corrected chi connectivity index (χ0v) is 13.3. The summed E-state index contributed by atoms with van der Waals surface area (Å²) in [6.07, 6.45) is 9.47. The lowest BCUT2D eigenvalue weighted by atomic mass is 10.1. The molecule has 21 heavy (non-hydrogen) atoms. The standard InChI is InChI=1S/C17H27N3O/c1-3-20(4-2)17(21)16-13-15(11-12-18-16)19-14-9-7-5-6-8-10-14/h11-14H,3-10H2,1-2H3,(H,18,19). The maximum Gasteiger partial charge on any atom is 0.272 e. The lowest BCUT2D eigenvalue weighted by Crippen LogP contribution is -2.31. The van der Waals surface area contributed by atoms with Crippen LogP contribution in [0.15, 0.2) is 18.3 Å². The van der Waals surface area contributed by atoms with Gasteiger partial charge in [0.25, 0.3) is 5.91 Å². The van der Waals surface area contributed by atoms with Crippen molar-refractivity contribution in [2.45, 2.75) is 58.4 Å². The summed E-state index contributed by atoms with van der Waals surface area (Å²) in [5.41, 5.74) is 1.56. The first kappa shape index (κ1) is 15.8. The van der Waals surface area contributed by atoms with Crippen LogP contribution in [0.3, 0.4) is 0 Å². The third-order valence-corrected chi connectivity index (χ3v) is 4.26. The van der Waals surface area contributed by atoms with Gasteiger partial charge in [-0.3, -0.25) is 9.78 Å². The van der Waals surface area contributed by atoms with Crippen LogP contribution in [0.25, 0.3) is 0 Å². The molecule has 0 spiro atoms. The highest BCUT2D eigenvalue weighted by atomic mass is 16.2. The number of nitrogens with one attached hydrogen (secondary N) is 1. The molecule has 0 bridgehead atoms. The van der Waals surface area contributed by atoms with Crippen molar-refractivity contribution in [1.82, 2.24) is 9.88 Å². The Morgan fingerprint density at radius 3 is 2.52 bits per heavy atom. The Morgan fingerprint density at radius 1 is 1.24 bits per heavy atom. The molecule has 4 heteroatoms. The molecular weight excluding hydrogens is 262 g/mol. The number of anilines is 1. The summed E-state index contributed by atoms with van der Waals surface area (Å²) in [5.74, 6) is 0.0181. The average molecular weight is 289 g/mol. The summed E-state index contributed by atoms with van der Waals surface area (Å²) in [4.78, 5) is 18.4. The third-order valence-electron chi connectivity index (χ3n) is 4.26. The van der Waals surface area contributed by atoms with Crippen LogP contribution in [-0.2, 0) is 0 Å². The van der Waals surface area contributed by atoms with Crippen molar-refractivity contribution >= 4 is 11.6 Å². The largest absolute Gasteiger partial charge is 0.382 e. The summed E-state index contributed by atoms with van der Waals surface area (Å²) in [5, 5.41) is 3.58. The molecule has 0 atom stereocenters. The summed E-state index contributed by atoms with van der Waals surface area (Å²) in [6.45, 7) is 5.43. The fourth-order valence-electron chi connectivity index (χ4n) is 2.97. The minimum Gasteiger partial charge on any atom is -0.382 e. The van der Waals surface area contributed by atoms with Gasteiger partial charge in [0, 0.05) is 31.0 Å². The van der Waals surface area contributed by atoms with Gasteiger partial charge >= 0.3 is 0 Å². The number of aromatic nitrogens is 1. The third kappa shape index (κ3) is 4.45. The van der Waals surface area contributed by atoms with Gasteiger partial charge in [-0.1, -0.05) is 25.7 Å². The second-order valence-corrected chi connectivity index (χ2v) is 5.74. The molecule has 0 aromatic carbocycles. The Bertz CT molecular complexity index is 449. The van der Waals surface area contributed by atoms with Gasteiger partial charge in [-0.15, -0.1) is 0 Å². The van der Waals surface area contributed by atoms with Gasteiger partial charge in [0.1, 0.15) is 5.69 Å². The van der Waals surface area contributed by atoms with E-state index in [1.165, 1.54) is 38.5 Å². The van der Waals surface area contributed by atoms with Gasteiger partial charge in [0.05, 0.1) is 0 Å². The first-order chi connectivity index (χ1) is 10.2. The van der Waals surface area contributed by atoms with Crippen molar-refractivity contribution < 1.29 is 4.79 Å². The van der Waals surface area contributed by atoms with E-state index in [0.717, 1.165) is 18.8 Å².